The Morgan fingerprint density at radius 2 is 2.24 bits per heavy atom. The highest BCUT2D eigenvalue weighted by molar-refractivity contribution is 6.00. The van der Waals surface area contributed by atoms with Gasteiger partial charge < -0.3 is 20.1 Å². The maximum absolute atomic E-state index is 12.4. The summed E-state index contributed by atoms with van der Waals surface area (Å²) in [5.74, 6) is -0.959. The van der Waals surface area contributed by atoms with Crippen molar-refractivity contribution in [1.29, 1.82) is 5.26 Å². The molecule has 2 N–H and O–H groups in total. The summed E-state index contributed by atoms with van der Waals surface area (Å²) in [6.45, 7) is 3.03. The number of carbonyl (C=O) groups is 2. The van der Waals surface area contributed by atoms with E-state index in [9.17, 15) is 9.59 Å². The average Bonchev–Trinajstić information content (AvgIpc) is 3.14. The van der Waals surface area contributed by atoms with Crippen LogP contribution >= 0.6 is 0 Å². The van der Waals surface area contributed by atoms with E-state index in [1.165, 1.54) is 6.20 Å². The van der Waals surface area contributed by atoms with Gasteiger partial charge in [-0.25, -0.2) is 4.79 Å². The van der Waals surface area contributed by atoms with Gasteiger partial charge in [0.25, 0.3) is 5.91 Å². The van der Waals surface area contributed by atoms with Crippen molar-refractivity contribution in [3.63, 3.8) is 0 Å². The van der Waals surface area contributed by atoms with Crippen LogP contribution in [0.5, 0.6) is 0 Å². The molecule has 0 unspecified atom stereocenters. The molecule has 0 aromatic heterocycles. The molecule has 1 saturated heterocycles. The van der Waals surface area contributed by atoms with Gasteiger partial charge in [0, 0.05) is 19.4 Å². The van der Waals surface area contributed by atoms with Gasteiger partial charge in [0.15, 0.2) is 5.57 Å². The highest BCUT2D eigenvalue weighted by Crippen LogP contribution is 2.16. The summed E-state index contributed by atoms with van der Waals surface area (Å²) in [5.41, 5.74) is 0.735. The molecule has 0 spiro atoms. The maximum atomic E-state index is 12.4. The molecule has 25 heavy (non-hydrogen) atoms. The second-order valence-corrected chi connectivity index (χ2v) is 5.43. The van der Waals surface area contributed by atoms with Crippen molar-refractivity contribution in [1.82, 2.24) is 5.32 Å². The molecule has 7 nitrogen and oxygen atoms in total. The monoisotopic (exact) mass is 343 g/mol. The first-order valence-corrected chi connectivity index (χ1v) is 8.18. The number of esters is 1. The molecule has 0 aliphatic carbocycles. The molecule has 0 radical (unpaired) electrons. The Labute approximate surface area is 146 Å². The van der Waals surface area contributed by atoms with Crippen molar-refractivity contribution in [3.8, 4) is 6.07 Å². The number of nitrogens with one attached hydrogen (secondary N) is 2. The third-order valence-electron chi connectivity index (χ3n) is 3.67. The van der Waals surface area contributed by atoms with E-state index < -0.39 is 5.97 Å². The number of nitrogens with zero attached hydrogens (tertiary/aromatic N) is 1. The number of benzene rings is 1. The SMILES string of the molecule is CCOC(=O)/C(C#N)=C/Nc1ccccc1C(=O)NC[C@H]1CCCO1. The topological polar surface area (TPSA) is 100 Å². The van der Waals surface area contributed by atoms with Gasteiger partial charge in [-0.1, -0.05) is 12.1 Å². The number of para-hydroxylation sites is 1. The van der Waals surface area contributed by atoms with Gasteiger partial charge in [-0.2, -0.15) is 5.26 Å². The fourth-order valence-corrected chi connectivity index (χ4v) is 2.41. The number of hydrogen-bond acceptors (Lipinski definition) is 6. The molecule has 1 amide bonds. The lowest BCUT2D eigenvalue weighted by Crippen LogP contribution is -2.32. The van der Waals surface area contributed by atoms with Crippen molar-refractivity contribution < 1.29 is 19.1 Å². The first-order valence-electron chi connectivity index (χ1n) is 8.18. The van der Waals surface area contributed by atoms with Gasteiger partial charge in [-0.15, -0.1) is 0 Å². The zero-order valence-electron chi connectivity index (χ0n) is 14.1. The Morgan fingerprint density at radius 3 is 2.92 bits per heavy atom. The van der Waals surface area contributed by atoms with Gasteiger partial charge in [-0.3, -0.25) is 4.79 Å². The van der Waals surface area contributed by atoms with E-state index in [4.69, 9.17) is 14.7 Å². The van der Waals surface area contributed by atoms with Crippen molar-refractivity contribution in [2.24, 2.45) is 0 Å². The van der Waals surface area contributed by atoms with Crippen LogP contribution in [0.15, 0.2) is 36.0 Å². The number of amides is 1. The quantitative estimate of drug-likeness (QED) is 0.446. The number of carbonyl (C=O) groups excluding carboxylic acids is 2. The standard InChI is InChI=1S/C18H21N3O4/c1-2-24-18(23)13(10-19)11-20-16-8-4-3-7-15(16)17(22)21-12-14-6-5-9-25-14/h3-4,7-8,11,14,20H,2,5-6,9,12H2,1H3,(H,21,22)/b13-11+/t14-/m1/s1. The van der Waals surface area contributed by atoms with E-state index >= 15 is 0 Å². The normalized spacial score (nSPS) is 16.8. The summed E-state index contributed by atoms with van der Waals surface area (Å²) in [5, 5.41) is 14.7. The van der Waals surface area contributed by atoms with E-state index in [0.717, 1.165) is 19.4 Å². The molecule has 1 fully saturated rings. The minimum Gasteiger partial charge on any atom is -0.462 e. The molecule has 0 bridgehead atoms. The first kappa shape index (κ1) is 18.5. The van der Waals surface area contributed by atoms with Crippen LogP contribution in [0.3, 0.4) is 0 Å². The second kappa shape index (κ2) is 9.45. The Bertz CT molecular complexity index is 688. The average molecular weight is 343 g/mol. The van der Waals surface area contributed by atoms with Gasteiger partial charge in [0.2, 0.25) is 0 Å². The summed E-state index contributed by atoms with van der Waals surface area (Å²) in [6, 6.07) is 8.63. The summed E-state index contributed by atoms with van der Waals surface area (Å²) < 4.78 is 10.3. The van der Waals surface area contributed by atoms with E-state index in [-0.39, 0.29) is 24.2 Å². The van der Waals surface area contributed by atoms with Crippen LogP contribution in [-0.2, 0) is 14.3 Å². The summed E-state index contributed by atoms with van der Waals surface area (Å²) in [6.07, 6.45) is 3.24. The van der Waals surface area contributed by atoms with Crippen LogP contribution in [0.4, 0.5) is 5.69 Å². The summed E-state index contributed by atoms with van der Waals surface area (Å²) in [4.78, 5) is 24.0. The van der Waals surface area contributed by atoms with Crippen LogP contribution in [-0.4, -0.2) is 37.7 Å². The van der Waals surface area contributed by atoms with Crippen molar-refractivity contribution >= 4 is 17.6 Å². The first-order chi connectivity index (χ1) is 12.2. The third-order valence-corrected chi connectivity index (χ3v) is 3.67. The van der Waals surface area contributed by atoms with Crippen molar-refractivity contribution in [2.75, 3.05) is 25.1 Å². The summed E-state index contributed by atoms with van der Waals surface area (Å²) in [7, 11) is 0. The number of nitriles is 1. The van der Waals surface area contributed by atoms with Gasteiger partial charge in [0.05, 0.1) is 24.0 Å². The molecule has 1 heterocycles. The van der Waals surface area contributed by atoms with E-state index in [0.29, 0.717) is 17.8 Å². The van der Waals surface area contributed by atoms with Gasteiger partial charge >= 0.3 is 5.97 Å². The number of anilines is 1. The minimum absolute atomic E-state index is 0.0537. The Balaban J connectivity index is 2.05. The minimum atomic E-state index is -0.710. The number of rotatable bonds is 7. The van der Waals surface area contributed by atoms with Crippen LogP contribution in [0, 0.1) is 11.3 Å². The summed E-state index contributed by atoms with van der Waals surface area (Å²) >= 11 is 0. The molecule has 2 rings (SSSR count). The Kier molecular flexibility index (Phi) is 6.99. The van der Waals surface area contributed by atoms with Crippen LogP contribution in [0.25, 0.3) is 0 Å². The van der Waals surface area contributed by atoms with Crippen LogP contribution in [0.2, 0.25) is 0 Å². The molecule has 1 aliphatic heterocycles. The molecule has 1 aromatic rings. The highest BCUT2D eigenvalue weighted by atomic mass is 16.5. The third kappa shape index (κ3) is 5.33. The molecular formula is C18H21N3O4. The highest BCUT2D eigenvalue weighted by Gasteiger charge is 2.18. The van der Waals surface area contributed by atoms with E-state index in [1.807, 2.05) is 0 Å². The Morgan fingerprint density at radius 1 is 1.44 bits per heavy atom. The van der Waals surface area contributed by atoms with Crippen molar-refractivity contribution in [3.05, 3.63) is 41.6 Å². The fraction of sp³-hybridized carbons (Fsp3) is 0.389. The van der Waals surface area contributed by atoms with E-state index in [2.05, 4.69) is 10.6 Å². The second-order valence-electron chi connectivity index (χ2n) is 5.43. The molecule has 132 valence electrons. The predicted molar refractivity (Wildman–Crippen MR) is 91.7 cm³/mol. The fourth-order valence-electron chi connectivity index (χ4n) is 2.41. The lowest BCUT2D eigenvalue weighted by Gasteiger charge is -2.13. The Hall–Kier alpha value is -2.85. The lowest BCUT2D eigenvalue weighted by atomic mass is 10.1. The zero-order valence-corrected chi connectivity index (χ0v) is 14.1. The molecule has 1 aromatic carbocycles. The van der Waals surface area contributed by atoms with E-state index in [1.54, 1.807) is 37.3 Å². The largest absolute Gasteiger partial charge is 0.462 e. The zero-order chi connectivity index (χ0) is 18.1. The van der Waals surface area contributed by atoms with Gasteiger partial charge in [-0.05, 0) is 31.9 Å². The van der Waals surface area contributed by atoms with Gasteiger partial charge in [0.1, 0.15) is 6.07 Å². The molecule has 1 atom stereocenters. The van der Waals surface area contributed by atoms with Crippen LogP contribution in [0.1, 0.15) is 30.1 Å². The molecule has 1 aliphatic rings. The number of ether oxygens (including phenoxy) is 2. The maximum Gasteiger partial charge on any atom is 0.350 e. The number of hydrogen-bond donors (Lipinski definition) is 2. The molecular weight excluding hydrogens is 322 g/mol. The predicted octanol–water partition coefficient (Wildman–Crippen LogP) is 1.98. The molecule has 0 saturated carbocycles. The van der Waals surface area contributed by atoms with Crippen molar-refractivity contribution in [2.45, 2.75) is 25.9 Å². The smallest absolute Gasteiger partial charge is 0.350 e. The lowest BCUT2D eigenvalue weighted by molar-refractivity contribution is -0.138. The molecule has 7 heteroatoms. The van der Waals surface area contributed by atoms with Crippen LogP contribution < -0.4 is 10.6 Å².